The summed E-state index contributed by atoms with van der Waals surface area (Å²) in [7, 11) is 0. The number of nitrogens with one attached hydrogen (secondary N) is 2. The number of thioether (sulfide) groups is 1. The van der Waals surface area contributed by atoms with Gasteiger partial charge in [-0.1, -0.05) is 36.9 Å². The van der Waals surface area contributed by atoms with Gasteiger partial charge in [-0.3, -0.25) is 9.59 Å². The lowest BCUT2D eigenvalue weighted by Gasteiger charge is -2.08. The zero-order valence-corrected chi connectivity index (χ0v) is 13.8. The zero-order valence-electron chi connectivity index (χ0n) is 12.9. The van der Waals surface area contributed by atoms with Gasteiger partial charge in [0, 0.05) is 12.7 Å². The molecule has 1 heterocycles. The molecule has 0 radical (unpaired) electrons. The highest BCUT2D eigenvalue weighted by atomic mass is 32.2. The summed E-state index contributed by atoms with van der Waals surface area (Å²) in [5, 5.41) is 12.8. The number of rotatable bonds is 5. The minimum atomic E-state index is -0.810. The predicted molar refractivity (Wildman–Crippen MR) is 94.4 cm³/mol. The Labute approximate surface area is 142 Å². The minimum Gasteiger partial charge on any atom is -0.501 e. The van der Waals surface area contributed by atoms with Crippen LogP contribution in [0, 0.1) is 0 Å². The maximum atomic E-state index is 12.3. The largest absolute Gasteiger partial charge is 0.501 e. The fourth-order valence-corrected chi connectivity index (χ4v) is 2.35. The molecule has 0 aliphatic rings. The Morgan fingerprint density at radius 3 is 2.79 bits per heavy atom. The van der Waals surface area contributed by atoms with E-state index in [1.54, 1.807) is 6.26 Å². The standard InChI is InChI=1S/C16H16N4O3S/c1-3-17-16(24-2)13-19-11(12(21)15(23)20-13)14(22)18-9-10-7-5-4-6-8-10/h3-8,21H,1,9H2,2H3,(H,18,22)(H,19,20,23). The van der Waals surface area contributed by atoms with Gasteiger partial charge < -0.3 is 15.4 Å². The Morgan fingerprint density at radius 2 is 2.17 bits per heavy atom. The molecule has 24 heavy (non-hydrogen) atoms. The molecule has 0 atom stereocenters. The number of carbonyl (C=O) groups excluding carboxylic acids is 1. The van der Waals surface area contributed by atoms with E-state index in [0.717, 1.165) is 5.56 Å². The molecule has 1 aromatic heterocycles. The summed E-state index contributed by atoms with van der Waals surface area (Å²) in [6.07, 6.45) is 3.04. The Hall–Kier alpha value is -2.87. The molecule has 2 aromatic rings. The summed E-state index contributed by atoms with van der Waals surface area (Å²) in [6.45, 7) is 3.73. The van der Waals surface area contributed by atoms with Crippen molar-refractivity contribution in [1.82, 2.24) is 15.3 Å². The number of hydrogen-bond donors (Lipinski definition) is 3. The number of aromatic nitrogens is 2. The number of hydrogen-bond acceptors (Lipinski definition) is 6. The molecule has 124 valence electrons. The smallest absolute Gasteiger partial charge is 0.294 e. The first-order valence-electron chi connectivity index (χ1n) is 6.95. The summed E-state index contributed by atoms with van der Waals surface area (Å²) in [5.41, 5.74) is -0.278. The Balaban J connectivity index is 2.30. The quantitative estimate of drug-likeness (QED) is 0.565. The molecule has 0 aliphatic carbocycles. The molecule has 0 saturated carbocycles. The summed E-state index contributed by atoms with van der Waals surface area (Å²) in [6, 6.07) is 9.25. The van der Waals surface area contributed by atoms with Gasteiger partial charge >= 0.3 is 0 Å². The summed E-state index contributed by atoms with van der Waals surface area (Å²) in [4.78, 5) is 34.5. The van der Waals surface area contributed by atoms with Crippen LogP contribution in [0.4, 0.5) is 0 Å². The van der Waals surface area contributed by atoms with E-state index in [0.29, 0.717) is 5.04 Å². The molecule has 2 rings (SSSR count). The average Bonchev–Trinajstić information content (AvgIpc) is 2.60. The second kappa shape index (κ2) is 8.11. The maximum Gasteiger partial charge on any atom is 0.294 e. The first kappa shape index (κ1) is 17.5. The lowest BCUT2D eigenvalue weighted by Crippen LogP contribution is -2.27. The van der Waals surface area contributed by atoms with Crippen LogP contribution in [-0.4, -0.2) is 32.3 Å². The van der Waals surface area contributed by atoms with E-state index in [4.69, 9.17) is 0 Å². The van der Waals surface area contributed by atoms with Gasteiger partial charge in [0.05, 0.1) is 0 Å². The van der Waals surface area contributed by atoms with Crippen LogP contribution in [0.1, 0.15) is 21.9 Å². The van der Waals surface area contributed by atoms with Gasteiger partial charge in [0.2, 0.25) is 5.75 Å². The second-order valence-electron chi connectivity index (χ2n) is 4.60. The van der Waals surface area contributed by atoms with E-state index in [-0.39, 0.29) is 18.1 Å². The lowest BCUT2D eigenvalue weighted by molar-refractivity contribution is 0.0942. The van der Waals surface area contributed by atoms with Crippen LogP contribution >= 0.6 is 11.8 Å². The van der Waals surface area contributed by atoms with Gasteiger partial charge in [-0.2, -0.15) is 0 Å². The molecule has 7 nitrogen and oxygen atoms in total. The number of H-pyrrole nitrogens is 1. The number of amides is 1. The fourth-order valence-electron chi connectivity index (χ4n) is 1.88. The van der Waals surface area contributed by atoms with Crippen LogP contribution in [0.2, 0.25) is 0 Å². The highest BCUT2D eigenvalue weighted by Gasteiger charge is 2.19. The van der Waals surface area contributed by atoms with E-state index in [2.05, 4.69) is 26.9 Å². The van der Waals surface area contributed by atoms with Crippen LogP contribution in [0.15, 0.2) is 52.9 Å². The van der Waals surface area contributed by atoms with Gasteiger partial charge in [0.25, 0.3) is 11.5 Å². The molecular weight excluding hydrogens is 328 g/mol. The molecule has 0 bridgehead atoms. The number of aromatic amines is 1. The van der Waals surface area contributed by atoms with Crippen LogP contribution in [-0.2, 0) is 6.54 Å². The number of aromatic hydroxyl groups is 1. The third-order valence-electron chi connectivity index (χ3n) is 3.01. The zero-order chi connectivity index (χ0) is 17.5. The highest BCUT2D eigenvalue weighted by molar-refractivity contribution is 8.13. The van der Waals surface area contributed by atoms with Crippen molar-refractivity contribution in [3.8, 4) is 5.75 Å². The van der Waals surface area contributed by atoms with E-state index < -0.39 is 17.2 Å². The van der Waals surface area contributed by atoms with Gasteiger partial charge in [0.15, 0.2) is 11.5 Å². The lowest BCUT2D eigenvalue weighted by atomic mass is 10.2. The van der Waals surface area contributed by atoms with E-state index in [9.17, 15) is 14.7 Å². The normalized spacial score (nSPS) is 11.1. The van der Waals surface area contributed by atoms with Gasteiger partial charge in [-0.05, 0) is 11.8 Å². The van der Waals surface area contributed by atoms with Gasteiger partial charge in [-0.25, -0.2) is 9.98 Å². The van der Waals surface area contributed by atoms with E-state index in [1.807, 2.05) is 30.3 Å². The number of aliphatic imine (C=N–C) groups is 1. The predicted octanol–water partition coefficient (Wildman–Crippen LogP) is 1.66. The molecule has 0 aliphatic heterocycles. The monoisotopic (exact) mass is 344 g/mol. The van der Waals surface area contributed by atoms with Crippen molar-refractivity contribution < 1.29 is 9.90 Å². The first-order valence-corrected chi connectivity index (χ1v) is 8.17. The van der Waals surface area contributed by atoms with Crippen molar-refractivity contribution >= 4 is 22.7 Å². The van der Waals surface area contributed by atoms with E-state index in [1.165, 1.54) is 18.0 Å². The van der Waals surface area contributed by atoms with Crippen LogP contribution in [0.3, 0.4) is 0 Å². The Bertz CT molecular complexity index is 831. The average molecular weight is 344 g/mol. The summed E-state index contributed by atoms with van der Waals surface area (Å²) in [5.74, 6) is -1.29. The van der Waals surface area contributed by atoms with Gasteiger partial charge in [0.1, 0.15) is 5.04 Å². The van der Waals surface area contributed by atoms with Crippen molar-refractivity contribution in [3.05, 3.63) is 70.5 Å². The van der Waals surface area contributed by atoms with E-state index >= 15 is 0 Å². The van der Waals surface area contributed by atoms with Gasteiger partial charge in [-0.15, -0.1) is 11.8 Å². The molecule has 0 unspecified atom stereocenters. The Morgan fingerprint density at radius 1 is 1.46 bits per heavy atom. The molecule has 1 aromatic carbocycles. The third kappa shape index (κ3) is 4.11. The molecule has 1 amide bonds. The molecule has 0 saturated heterocycles. The van der Waals surface area contributed by atoms with Crippen LogP contribution in [0.25, 0.3) is 0 Å². The van der Waals surface area contributed by atoms with Crippen molar-refractivity contribution in [2.75, 3.05) is 6.26 Å². The minimum absolute atomic E-state index is 0.0926. The topological polar surface area (TPSA) is 107 Å². The number of nitrogens with zero attached hydrogens (tertiary/aromatic N) is 2. The highest BCUT2D eigenvalue weighted by Crippen LogP contribution is 2.12. The Kier molecular flexibility index (Phi) is 5.91. The number of carbonyl (C=O) groups is 1. The number of benzene rings is 1. The SMILES string of the molecule is C=CN=C(SC)c1nc(C(=O)NCc2ccccc2)c(O)c(=O)[nH]1. The van der Waals surface area contributed by atoms with Crippen LogP contribution in [0.5, 0.6) is 5.75 Å². The maximum absolute atomic E-state index is 12.3. The summed E-state index contributed by atoms with van der Waals surface area (Å²) >= 11 is 1.23. The third-order valence-corrected chi connectivity index (χ3v) is 3.70. The molecular formula is C16H16N4O3S. The van der Waals surface area contributed by atoms with Crippen LogP contribution < -0.4 is 10.9 Å². The molecule has 8 heteroatoms. The second-order valence-corrected chi connectivity index (χ2v) is 5.40. The van der Waals surface area contributed by atoms with Crippen molar-refractivity contribution in [1.29, 1.82) is 0 Å². The first-order chi connectivity index (χ1) is 11.6. The van der Waals surface area contributed by atoms with Crippen molar-refractivity contribution in [3.63, 3.8) is 0 Å². The van der Waals surface area contributed by atoms with Crippen molar-refractivity contribution in [2.45, 2.75) is 6.54 Å². The molecule has 0 fully saturated rings. The fraction of sp³-hybridized carbons (Fsp3) is 0.125. The molecule has 3 N–H and O–H groups in total. The van der Waals surface area contributed by atoms with Crippen molar-refractivity contribution in [2.24, 2.45) is 4.99 Å². The summed E-state index contributed by atoms with van der Waals surface area (Å²) < 4.78 is 0. The molecule has 0 spiro atoms.